The van der Waals surface area contributed by atoms with E-state index in [0.29, 0.717) is 0 Å². The van der Waals surface area contributed by atoms with Crippen LogP contribution in [0.1, 0.15) is 6.42 Å². The first kappa shape index (κ1) is 21.4. The van der Waals surface area contributed by atoms with Gasteiger partial charge in [-0.05, 0) is 6.42 Å². The van der Waals surface area contributed by atoms with E-state index in [0.717, 1.165) is 0 Å². The molecule has 13 heavy (non-hydrogen) atoms. The fraction of sp³-hybridized carbons (Fsp3) is 1.00. The second-order valence-electron chi connectivity index (χ2n) is 1.88. The van der Waals surface area contributed by atoms with Gasteiger partial charge in [0.25, 0.3) is 0 Å². The van der Waals surface area contributed by atoms with Crippen molar-refractivity contribution in [1.82, 2.24) is 0 Å². The number of hydrogen-bond acceptors (Lipinski definition) is 6. The van der Waals surface area contributed by atoms with Crippen molar-refractivity contribution >= 4 is 20.2 Å². The minimum atomic E-state index is -4.40. The molecule has 10 heteroatoms. The van der Waals surface area contributed by atoms with Crippen molar-refractivity contribution in [2.45, 2.75) is 6.42 Å². The fourth-order valence-corrected chi connectivity index (χ4v) is 1.59. The van der Waals surface area contributed by atoms with Crippen LogP contribution in [0.4, 0.5) is 0 Å². The number of rotatable bonds is 4. The van der Waals surface area contributed by atoms with Crippen molar-refractivity contribution in [2.24, 2.45) is 0 Å². The van der Waals surface area contributed by atoms with Gasteiger partial charge < -0.3 is 9.11 Å². The molecule has 0 saturated carbocycles. The van der Waals surface area contributed by atoms with E-state index in [-0.39, 0.29) is 103 Å². The predicted molar refractivity (Wildman–Crippen MR) is 33.7 cm³/mol. The molecule has 0 amide bonds. The molecule has 0 aliphatic rings. The molecule has 6 nitrogen and oxygen atoms in total. The van der Waals surface area contributed by atoms with Crippen molar-refractivity contribution in [3.63, 3.8) is 0 Å². The summed E-state index contributed by atoms with van der Waals surface area (Å²) >= 11 is 0. The van der Waals surface area contributed by atoms with Crippen LogP contribution in [0.15, 0.2) is 0 Å². The van der Waals surface area contributed by atoms with Crippen molar-refractivity contribution < 1.29 is 129 Å². The Morgan fingerprint density at radius 1 is 0.769 bits per heavy atom. The van der Waals surface area contributed by atoms with E-state index >= 15 is 0 Å². The monoisotopic (exact) mass is 280 g/mol. The van der Waals surface area contributed by atoms with Crippen LogP contribution >= 0.6 is 0 Å². The Labute approximate surface area is 163 Å². The third kappa shape index (κ3) is 21.0. The van der Waals surface area contributed by atoms with Gasteiger partial charge >= 0.3 is 103 Å². The molecule has 0 N–H and O–H groups in total. The molecule has 0 bridgehead atoms. The average molecular weight is 280 g/mol. The van der Waals surface area contributed by atoms with Crippen LogP contribution in [0.5, 0.6) is 0 Å². The number of hydrogen-bond donors (Lipinski definition) is 0. The Morgan fingerprint density at radius 2 is 1.00 bits per heavy atom. The first-order chi connectivity index (χ1) is 4.71. The largest absolute Gasteiger partial charge is 1.00 e. The normalized spacial score (nSPS) is 11.2. The van der Waals surface area contributed by atoms with Crippen molar-refractivity contribution in [3.8, 4) is 0 Å². The van der Waals surface area contributed by atoms with Crippen molar-refractivity contribution in [3.05, 3.63) is 0 Å². The van der Waals surface area contributed by atoms with Crippen LogP contribution in [0.3, 0.4) is 0 Å². The zero-order valence-electron chi connectivity index (χ0n) is 7.39. The van der Waals surface area contributed by atoms with E-state index in [1.54, 1.807) is 0 Å². The molecule has 0 radical (unpaired) electrons. The summed E-state index contributed by atoms with van der Waals surface area (Å²) in [7, 11) is -8.80. The molecular weight excluding hydrogens is 274 g/mol. The fourth-order valence-electron chi connectivity index (χ4n) is 0.412. The second kappa shape index (κ2) is 9.16. The summed E-state index contributed by atoms with van der Waals surface area (Å²) in [5.41, 5.74) is 0. The molecule has 0 atom stereocenters. The summed E-state index contributed by atoms with van der Waals surface area (Å²) in [6, 6.07) is 0. The van der Waals surface area contributed by atoms with Gasteiger partial charge in [-0.2, -0.15) is 0 Å². The third-order valence-electron chi connectivity index (χ3n) is 0.789. The maximum absolute atomic E-state index is 9.86. The molecule has 0 aliphatic heterocycles. The van der Waals surface area contributed by atoms with Crippen molar-refractivity contribution in [1.29, 1.82) is 0 Å². The molecule has 0 saturated heterocycles. The third-order valence-corrected chi connectivity index (χ3v) is 2.37. The van der Waals surface area contributed by atoms with Crippen LogP contribution in [0.25, 0.3) is 0 Å². The Kier molecular flexibility index (Phi) is 15.1. The summed E-state index contributed by atoms with van der Waals surface area (Å²) in [4.78, 5) is 0. The molecule has 0 fully saturated rings. The molecule has 0 aliphatic carbocycles. The van der Waals surface area contributed by atoms with E-state index in [1.165, 1.54) is 0 Å². The minimum absolute atomic E-state index is 0. The van der Waals surface area contributed by atoms with Crippen molar-refractivity contribution in [2.75, 3.05) is 11.5 Å². The Bertz CT molecular complexity index is 273. The van der Waals surface area contributed by atoms with Crippen LogP contribution in [-0.4, -0.2) is 37.4 Å². The quantitative estimate of drug-likeness (QED) is 0.373. The predicted octanol–water partition coefficient (Wildman–Crippen LogP) is -7.53. The molecule has 0 spiro atoms. The topological polar surface area (TPSA) is 114 Å². The van der Waals surface area contributed by atoms with Gasteiger partial charge in [-0.3, -0.25) is 0 Å². The van der Waals surface area contributed by atoms with Gasteiger partial charge in [0.15, 0.2) is 0 Å². The molecule has 0 aromatic rings. The summed E-state index contributed by atoms with van der Waals surface area (Å²) in [6.45, 7) is 0. The SMILES string of the molecule is O=S(=O)([O-])CCCS(=O)(=O)[O-].[K+].[K+]. The van der Waals surface area contributed by atoms with Crippen LogP contribution < -0.4 is 103 Å². The van der Waals surface area contributed by atoms with Gasteiger partial charge in [-0.15, -0.1) is 0 Å². The van der Waals surface area contributed by atoms with Gasteiger partial charge in [-0.1, -0.05) is 0 Å². The molecule has 0 heterocycles. The van der Waals surface area contributed by atoms with E-state index in [9.17, 15) is 25.9 Å². The smallest absolute Gasteiger partial charge is 0.748 e. The molecule has 0 aromatic heterocycles. The standard InChI is InChI=1S/C3H8O6S2.2K/c4-10(5,6)2-1-3-11(7,8)9;;/h1-3H2,(H,4,5,6)(H,7,8,9);;/q;2*+1/p-2. The summed E-state index contributed by atoms with van der Waals surface area (Å²) in [5, 5.41) is 0. The van der Waals surface area contributed by atoms with Gasteiger partial charge in [0, 0.05) is 11.5 Å². The molecule has 68 valence electrons. The first-order valence-corrected chi connectivity index (χ1v) is 5.73. The van der Waals surface area contributed by atoms with Crippen LogP contribution in [0, 0.1) is 0 Å². The Morgan fingerprint density at radius 3 is 1.15 bits per heavy atom. The van der Waals surface area contributed by atoms with Gasteiger partial charge in [0.1, 0.15) is 0 Å². The first-order valence-electron chi connectivity index (χ1n) is 2.58. The second-order valence-corrected chi connectivity index (χ2v) is 4.92. The summed E-state index contributed by atoms with van der Waals surface area (Å²) in [5.74, 6) is -1.62. The zero-order valence-corrected chi connectivity index (χ0v) is 15.3. The van der Waals surface area contributed by atoms with E-state index < -0.39 is 38.2 Å². The molecular formula is C3H6K2O6S2. The average Bonchev–Trinajstić information content (AvgIpc) is 1.55. The molecule has 0 unspecified atom stereocenters. The van der Waals surface area contributed by atoms with Gasteiger partial charge in [0.2, 0.25) is 0 Å². The van der Waals surface area contributed by atoms with E-state index in [1.807, 2.05) is 0 Å². The maximum Gasteiger partial charge on any atom is 1.00 e. The van der Waals surface area contributed by atoms with E-state index in [4.69, 9.17) is 0 Å². The summed E-state index contributed by atoms with van der Waals surface area (Å²) in [6.07, 6.45) is -0.433. The molecule has 0 aromatic carbocycles. The Hall–Kier alpha value is 3.09. The Balaban J connectivity index is -0.000000500. The van der Waals surface area contributed by atoms with Gasteiger partial charge in [-0.25, -0.2) is 16.8 Å². The molecule has 0 rings (SSSR count). The van der Waals surface area contributed by atoms with Crippen LogP contribution in [0.2, 0.25) is 0 Å². The maximum atomic E-state index is 9.86. The van der Waals surface area contributed by atoms with E-state index in [2.05, 4.69) is 0 Å². The zero-order chi connectivity index (χ0) is 9.12. The van der Waals surface area contributed by atoms with Crippen LogP contribution in [-0.2, 0) is 20.2 Å². The minimum Gasteiger partial charge on any atom is -0.748 e. The van der Waals surface area contributed by atoms with Gasteiger partial charge in [0.05, 0.1) is 20.2 Å². The summed E-state index contributed by atoms with van der Waals surface area (Å²) < 4.78 is 59.2.